The van der Waals surface area contributed by atoms with Crippen molar-refractivity contribution in [2.45, 2.75) is 57.3 Å². The van der Waals surface area contributed by atoms with Crippen LogP contribution in [0, 0.1) is 5.41 Å². The van der Waals surface area contributed by atoms with Gasteiger partial charge in [-0.1, -0.05) is 62.2 Å². The fourth-order valence-electron chi connectivity index (χ4n) is 4.11. The Morgan fingerprint density at radius 1 is 1.05 bits per heavy atom. The zero-order valence-corrected chi connectivity index (χ0v) is 12.7. The van der Waals surface area contributed by atoms with Gasteiger partial charge >= 0.3 is 0 Å². The van der Waals surface area contributed by atoms with Crippen LogP contribution in [0.5, 0.6) is 0 Å². The first-order valence-corrected chi connectivity index (χ1v) is 8.06. The van der Waals surface area contributed by atoms with E-state index in [0.29, 0.717) is 17.8 Å². The van der Waals surface area contributed by atoms with Crippen molar-refractivity contribution >= 4 is 0 Å². The minimum Gasteiger partial charge on any atom is -0.339 e. The second kappa shape index (κ2) is 4.69. The Labute approximate surface area is 125 Å². The Morgan fingerprint density at radius 3 is 2.48 bits per heavy atom. The van der Waals surface area contributed by atoms with Crippen LogP contribution < -0.4 is 0 Å². The van der Waals surface area contributed by atoms with E-state index in [-0.39, 0.29) is 5.41 Å². The minimum absolute atomic E-state index is 0.220. The summed E-state index contributed by atoms with van der Waals surface area (Å²) in [5.41, 5.74) is 1.61. The summed E-state index contributed by atoms with van der Waals surface area (Å²) in [7, 11) is 0. The zero-order valence-electron chi connectivity index (χ0n) is 12.7. The highest BCUT2D eigenvalue weighted by molar-refractivity contribution is 5.37. The van der Waals surface area contributed by atoms with Gasteiger partial charge in [0.1, 0.15) is 0 Å². The topological polar surface area (TPSA) is 38.9 Å². The van der Waals surface area contributed by atoms with Gasteiger partial charge in [-0.15, -0.1) is 0 Å². The van der Waals surface area contributed by atoms with Crippen LogP contribution in [-0.4, -0.2) is 10.1 Å². The molecule has 4 rings (SSSR count). The Balaban J connectivity index is 1.59. The Bertz CT molecular complexity index is 626. The summed E-state index contributed by atoms with van der Waals surface area (Å²) >= 11 is 0. The van der Waals surface area contributed by atoms with E-state index >= 15 is 0 Å². The molecule has 0 aliphatic heterocycles. The summed E-state index contributed by atoms with van der Waals surface area (Å²) < 4.78 is 5.57. The SMILES string of the molecule is CC1(C)[C@@H](c2ccccc2)[C@@H]1c1noc(C2CCCC2)n1. The van der Waals surface area contributed by atoms with E-state index in [2.05, 4.69) is 49.3 Å². The first-order valence-electron chi connectivity index (χ1n) is 8.06. The molecule has 2 aromatic rings. The summed E-state index contributed by atoms with van der Waals surface area (Å²) in [5, 5.41) is 4.31. The van der Waals surface area contributed by atoms with Crippen molar-refractivity contribution in [1.29, 1.82) is 0 Å². The van der Waals surface area contributed by atoms with Gasteiger partial charge in [0.05, 0.1) is 0 Å². The van der Waals surface area contributed by atoms with Gasteiger partial charge in [0.25, 0.3) is 0 Å². The normalized spacial score (nSPS) is 27.9. The van der Waals surface area contributed by atoms with E-state index in [1.807, 2.05) is 0 Å². The fourth-order valence-corrected chi connectivity index (χ4v) is 4.11. The maximum absolute atomic E-state index is 5.57. The average Bonchev–Trinajstić information content (AvgIpc) is 2.95. The molecule has 2 fully saturated rings. The zero-order chi connectivity index (χ0) is 14.4. The van der Waals surface area contributed by atoms with Crippen LogP contribution in [0.2, 0.25) is 0 Å². The molecule has 0 unspecified atom stereocenters. The largest absolute Gasteiger partial charge is 0.339 e. The van der Waals surface area contributed by atoms with Crippen molar-refractivity contribution in [1.82, 2.24) is 10.1 Å². The molecule has 110 valence electrons. The van der Waals surface area contributed by atoms with Gasteiger partial charge in [0.15, 0.2) is 5.82 Å². The van der Waals surface area contributed by atoms with Gasteiger partial charge in [0.2, 0.25) is 5.89 Å². The van der Waals surface area contributed by atoms with Crippen molar-refractivity contribution in [2.24, 2.45) is 5.41 Å². The first kappa shape index (κ1) is 13.1. The van der Waals surface area contributed by atoms with Crippen LogP contribution in [0.25, 0.3) is 0 Å². The number of hydrogen-bond acceptors (Lipinski definition) is 3. The van der Waals surface area contributed by atoms with Crippen molar-refractivity contribution in [3.8, 4) is 0 Å². The maximum atomic E-state index is 5.57. The standard InChI is InChI=1S/C18H22N2O/c1-18(2)14(12-8-4-3-5-9-12)15(18)16-19-17(21-20-16)13-10-6-7-11-13/h3-5,8-9,13-15H,6-7,10-11H2,1-2H3/t14-,15+/m0/s1. The van der Waals surface area contributed by atoms with Gasteiger partial charge in [-0.05, 0) is 23.8 Å². The van der Waals surface area contributed by atoms with Crippen molar-refractivity contribution < 1.29 is 4.52 Å². The molecule has 21 heavy (non-hydrogen) atoms. The van der Waals surface area contributed by atoms with Gasteiger partial charge in [0, 0.05) is 17.8 Å². The molecular formula is C18H22N2O. The second-order valence-corrected chi connectivity index (χ2v) is 7.16. The number of hydrogen-bond donors (Lipinski definition) is 0. The molecule has 2 aliphatic carbocycles. The van der Waals surface area contributed by atoms with Crippen molar-refractivity contribution in [3.05, 3.63) is 47.6 Å². The Kier molecular flexibility index (Phi) is 2.91. The van der Waals surface area contributed by atoms with Gasteiger partial charge in [-0.25, -0.2) is 0 Å². The molecule has 2 atom stereocenters. The quantitative estimate of drug-likeness (QED) is 0.823. The molecule has 3 heteroatoms. The van der Waals surface area contributed by atoms with Gasteiger partial charge in [-0.3, -0.25) is 0 Å². The molecule has 0 N–H and O–H groups in total. The molecule has 0 amide bonds. The maximum Gasteiger partial charge on any atom is 0.229 e. The van der Waals surface area contributed by atoms with Crippen molar-refractivity contribution in [2.75, 3.05) is 0 Å². The first-order chi connectivity index (χ1) is 10.2. The minimum atomic E-state index is 0.220. The number of aromatic nitrogens is 2. The number of benzene rings is 1. The summed E-state index contributed by atoms with van der Waals surface area (Å²) in [6.45, 7) is 4.61. The molecular weight excluding hydrogens is 260 g/mol. The van der Waals surface area contributed by atoms with Crippen LogP contribution in [0.1, 0.15) is 74.6 Å². The lowest BCUT2D eigenvalue weighted by atomic mass is 10.0. The highest BCUT2D eigenvalue weighted by Crippen LogP contribution is 2.69. The Hall–Kier alpha value is -1.64. The predicted molar refractivity (Wildman–Crippen MR) is 81.2 cm³/mol. The average molecular weight is 282 g/mol. The number of nitrogens with zero attached hydrogens (tertiary/aromatic N) is 2. The third-order valence-corrected chi connectivity index (χ3v) is 5.43. The van der Waals surface area contributed by atoms with Gasteiger partial charge in [-0.2, -0.15) is 4.98 Å². The third-order valence-electron chi connectivity index (χ3n) is 5.43. The van der Waals surface area contributed by atoms with Gasteiger partial charge < -0.3 is 4.52 Å². The van der Waals surface area contributed by atoms with E-state index in [1.54, 1.807) is 0 Å². The molecule has 0 bridgehead atoms. The monoisotopic (exact) mass is 282 g/mol. The third kappa shape index (κ3) is 2.10. The summed E-state index contributed by atoms with van der Waals surface area (Å²) in [6, 6.07) is 10.7. The van der Waals surface area contributed by atoms with E-state index in [0.717, 1.165) is 11.7 Å². The lowest BCUT2D eigenvalue weighted by Crippen LogP contribution is -1.95. The summed E-state index contributed by atoms with van der Waals surface area (Å²) in [4.78, 5) is 4.75. The van der Waals surface area contributed by atoms with E-state index in [1.165, 1.54) is 31.2 Å². The van der Waals surface area contributed by atoms with E-state index in [4.69, 9.17) is 9.51 Å². The molecule has 2 saturated carbocycles. The molecule has 1 aromatic heterocycles. The smallest absolute Gasteiger partial charge is 0.229 e. The fraction of sp³-hybridized carbons (Fsp3) is 0.556. The number of rotatable bonds is 3. The van der Waals surface area contributed by atoms with E-state index in [9.17, 15) is 0 Å². The molecule has 1 aromatic carbocycles. The van der Waals surface area contributed by atoms with Crippen LogP contribution >= 0.6 is 0 Å². The van der Waals surface area contributed by atoms with Crippen LogP contribution in [-0.2, 0) is 0 Å². The molecule has 1 heterocycles. The van der Waals surface area contributed by atoms with Crippen LogP contribution in [0.4, 0.5) is 0 Å². The highest BCUT2D eigenvalue weighted by atomic mass is 16.5. The van der Waals surface area contributed by atoms with Crippen LogP contribution in [0.3, 0.4) is 0 Å². The predicted octanol–water partition coefficient (Wildman–Crippen LogP) is 4.63. The molecule has 0 spiro atoms. The van der Waals surface area contributed by atoms with Crippen LogP contribution in [0.15, 0.2) is 34.9 Å². The Morgan fingerprint density at radius 2 is 1.76 bits per heavy atom. The lowest BCUT2D eigenvalue weighted by Gasteiger charge is -2.01. The van der Waals surface area contributed by atoms with Crippen molar-refractivity contribution in [3.63, 3.8) is 0 Å². The lowest BCUT2D eigenvalue weighted by molar-refractivity contribution is 0.349. The summed E-state index contributed by atoms with van der Waals surface area (Å²) in [5.74, 6) is 3.18. The second-order valence-electron chi connectivity index (χ2n) is 7.16. The highest BCUT2D eigenvalue weighted by Gasteiger charge is 2.61. The molecule has 3 nitrogen and oxygen atoms in total. The molecule has 0 radical (unpaired) electrons. The molecule has 0 saturated heterocycles. The molecule has 2 aliphatic rings. The summed E-state index contributed by atoms with van der Waals surface area (Å²) in [6.07, 6.45) is 5.00. The van der Waals surface area contributed by atoms with E-state index < -0.39 is 0 Å².